The molecular weight excluding hydrogens is 267 g/mol. The summed E-state index contributed by atoms with van der Waals surface area (Å²) in [6.45, 7) is 1.85. The summed E-state index contributed by atoms with van der Waals surface area (Å²) in [5.74, 6) is -1.58. The predicted octanol–water partition coefficient (Wildman–Crippen LogP) is 4.03. The van der Waals surface area contributed by atoms with Crippen LogP contribution in [-0.4, -0.2) is 7.11 Å². The second-order valence-corrected chi connectivity index (χ2v) is 4.38. The van der Waals surface area contributed by atoms with Crippen molar-refractivity contribution >= 4 is 5.69 Å². The van der Waals surface area contributed by atoms with Gasteiger partial charge in [-0.3, -0.25) is 0 Å². The molecule has 0 radical (unpaired) electrons. The van der Waals surface area contributed by atoms with E-state index < -0.39 is 11.6 Å². The molecule has 0 amide bonds. The third-order valence-electron chi connectivity index (χ3n) is 2.98. The molecule has 0 unspecified atom stereocenters. The highest BCUT2D eigenvalue weighted by atomic mass is 19.1. The Morgan fingerprint density at radius 1 is 1.05 bits per heavy atom. The molecule has 0 aromatic heterocycles. The summed E-state index contributed by atoms with van der Waals surface area (Å²) in [5, 5.41) is 2.98. The molecule has 0 saturated heterocycles. The lowest BCUT2D eigenvalue weighted by Gasteiger charge is -2.13. The maximum Gasteiger partial charge on any atom is 0.134 e. The Bertz CT molecular complexity index is 629. The van der Waals surface area contributed by atoms with Crippen LogP contribution in [0, 0.1) is 24.4 Å². The summed E-state index contributed by atoms with van der Waals surface area (Å²) in [5.41, 5.74) is 1.60. The van der Waals surface area contributed by atoms with Crippen molar-refractivity contribution in [1.82, 2.24) is 0 Å². The molecule has 20 heavy (non-hydrogen) atoms. The summed E-state index contributed by atoms with van der Waals surface area (Å²) in [6.07, 6.45) is 0. The third-order valence-corrected chi connectivity index (χ3v) is 2.98. The Kier molecular flexibility index (Phi) is 4.17. The largest absolute Gasteiger partial charge is 0.496 e. The van der Waals surface area contributed by atoms with Crippen LogP contribution in [0.3, 0.4) is 0 Å². The van der Waals surface area contributed by atoms with Gasteiger partial charge in [0.15, 0.2) is 0 Å². The van der Waals surface area contributed by atoms with E-state index in [4.69, 9.17) is 4.74 Å². The van der Waals surface area contributed by atoms with Crippen LogP contribution in [0.25, 0.3) is 0 Å². The first-order chi connectivity index (χ1) is 9.51. The Balaban J connectivity index is 2.22. The molecule has 0 spiro atoms. The van der Waals surface area contributed by atoms with Crippen molar-refractivity contribution in [3.63, 3.8) is 0 Å². The lowest BCUT2D eigenvalue weighted by atomic mass is 10.1. The van der Waals surface area contributed by atoms with Gasteiger partial charge >= 0.3 is 0 Å². The standard InChI is InChI=1S/C15H14F3NO/c1-9-5-10(16)3-4-14(9)19-8-12-13(18)6-11(17)7-15(12)20-2/h3-7,19H,8H2,1-2H3. The van der Waals surface area contributed by atoms with Gasteiger partial charge in [-0.2, -0.15) is 0 Å². The van der Waals surface area contributed by atoms with E-state index in [1.54, 1.807) is 13.0 Å². The van der Waals surface area contributed by atoms with Crippen molar-refractivity contribution in [2.75, 3.05) is 12.4 Å². The number of nitrogens with one attached hydrogen (secondary N) is 1. The van der Waals surface area contributed by atoms with Gasteiger partial charge in [-0.1, -0.05) is 0 Å². The predicted molar refractivity (Wildman–Crippen MR) is 71.4 cm³/mol. The van der Waals surface area contributed by atoms with E-state index in [9.17, 15) is 13.2 Å². The lowest BCUT2D eigenvalue weighted by molar-refractivity contribution is 0.400. The van der Waals surface area contributed by atoms with Crippen LogP contribution in [0.4, 0.5) is 18.9 Å². The minimum absolute atomic E-state index is 0.113. The SMILES string of the molecule is COc1cc(F)cc(F)c1CNc1ccc(F)cc1C. The van der Waals surface area contributed by atoms with Crippen LogP contribution >= 0.6 is 0 Å². The first-order valence-corrected chi connectivity index (χ1v) is 6.03. The average Bonchev–Trinajstić information content (AvgIpc) is 2.38. The fraction of sp³-hybridized carbons (Fsp3) is 0.200. The molecule has 2 aromatic carbocycles. The number of rotatable bonds is 4. The van der Waals surface area contributed by atoms with Crippen LogP contribution in [0.15, 0.2) is 30.3 Å². The quantitative estimate of drug-likeness (QED) is 0.913. The van der Waals surface area contributed by atoms with Gasteiger partial charge < -0.3 is 10.1 Å². The fourth-order valence-corrected chi connectivity index (χ4v) is 1.94. The normalized spacial score (nSPS) is 10.4. The van der Waals surface area contributed by atoms with Gasteiger partial charge in [-0.25, -0.2) is 13.2 Å². The highest BCUT2D eigenvalue weighted by Gasteiger charge is 2.12. The first-order valence-electron chi connectivity index (χ1n) is 6.03. The van der Waals surface area contributed by atoms with Crippen LogP contribution in [0.2, 0.25) is 0 Å². The van der Waals surface area contributed by atoms with E-state index in [0.717, 1.165) is 12.1 Å². The zero-order chi connectivity index (χ0) is 14.7. The van der Waals surface area contributed by atoms with Gasteiger partial charge in [-0.05, 0) is 30.7 Å². The Labute approximate surface area is 115 Å². The molecule has 2 aromatic rings. The fourth-order valence-electron chi connectivity index (χ4n) is 1.94. The number of hydrogen-bond donors (Lipinski definition) is 1. The summed E-state index contributed by atoms with van der Waals surface area (Å²) in [4.78, 5) is 0. The van der Waals surface area contributed by atoms with Crippen LogP contribution in [0.1, 0.15) is 11.1 Å². The van der Waals surface area contributed by atoms with Crippen LogP contribution in [-0.2, 0) is 6.54 Å². The molecule has 5 heteroatoms. The summed E-state index contributed by atoms with van der Waals surface area (Å²) in [6, 6.07) is 6.18. The highest BCUT2D eigenvalue weighted by molar-refractivity contribution is 5.51. The number of hydrogen-bond acceptors (Lipinski definition) is 2. The van der Waals surface area contributed by atoms with E-state index in [-0.39, 0.29) is 23.7 Å². The van der Waals surface area contributed by atoms with Crippen molar-refractivity contribution in [1.29, 1.82) is 0 Å². The van der Waals surface area contributed by atoms with Gasteiger partial charge in [0, 0.05) is 29.9 Å². The van der Waals surface area contributed by atoms with Gasteiger partial charge in [0.25, 0.3) is 0 Å². The number of aryl methyl sites for hydroxylation is 1. The maximum atomic E-state index is 13.7. The molecule has 0 aliphatic carbocycles. The molecule has 0 atom stereocenters. The number of anilines is 1. The van der Waals surface area contributed by atoms with Crippen molar-refractivity contribution in [2.45, 2.75) is 13.5 Å². The minimum atomic E-state index is -0.693. The van der Waals surface area contributed by atoms with Crippen molar-refractivity contribution in [3.05, 3.63) is 58.9 Å². The molecular formula is C15H14F3NO. The second-order valence-electron chi connectivity index (χ2n) is 4.38. The van der Waals surface area contributed by atoms with Crippen molar-refractivity contribution in [3.8, 4) is 5.75 Å². The van der Waals surface area contributed by atoms with Gasteiger partial charge in [0.2, 0.25) is 0 Å². The van der Waals surface area contributed by atoms with E-state index in [0.29, 0.717) is 11.3 Å². The summed E-state index contributed by atoms with van der Waals surface area (Å²) >= 11 is 0. The smallest absolute Gasteiger partial charge is 0.134 e. The Morgan fingerprint density at radius 2 is 1.80 bits per heavy atom. The number of halogens is 3. The van der Waals surface area contributed by atoms with Crippen LogP contribution in [0.5, 0.6) is 5.75 Å². The molecule has 0 fully saturated rings. The van der Waals surface area contributed by atoms with E-state index in [1.165, 1.54) is 19.2 Å². The minimum Gasteiger partial charge on any atom is -0.496 e. The van der Waals surface area contributed by atoms with Crippen molar-refractivity contribution in [2.24, 2.45) is 0 Å². The summed E-state index contributed by atoms with van der Waals surface area (Å²) < 4.78 is 44.8. The van der Waals surface area contributed by atoms with Crippen molar-refractivity contribution < 1.29 is 17.9 Å². The maximum absolute atomic E-state index is 13.7. The van der Waals surface area contributed by atoms with E-state index in [1.807, 2.05) is 0 Å². The zero-order valence-corrected chi connectivity index (χ0v) is 11.1. The first kappa shape index (κ1) is 14.2. The van der Waals surface area contributed by atoms with Gasteiger partial charge in [0.05, 0.1) is 7.11 Å². The zero-order valence-electron chi connectivity index (χ0n) is 11.1. The van der Waals surface area contributed by atoms with Gasteiger partial charge in [-0.15, -0.1) is 0 Å². The highest BCUT2D eigenvalue weighted by Crippen LogP contribution is 2.25. The number of ether oxygens (including phenoxy) is 1. The summed E-state index contributed by atoms with van der Waals surface area (Å²) in [7, 11) is 1.35. The molecule has 2 rings (SSSR count). The number of methoxy groups -OCH3 is 1. The molecule has 2 nitrogen and oxygen atoms in total. The monoisotopic (exact) mass is 281 g/mol. The third kappa shape index (κ3) is 3.04. The molecule has 106 valence electrons. The molecule has 0 heterocycles. The Hall–Kier alpha value is -2.17. The Morgan fingerprint density at radius 3 is 2.45 bits per heavy atom. The van der Waals surface area contributed by atoms with Crippen LogP contribution < -0.4 is 10.1 Å². The van der Waals surface area contributed by atoms with E-state index >= 15 is 0 Å². The molecule has 0 aliphatic heterocycles. The lowest BCUT2D eigenvalue weighted by Crippen LogP contribution is -2.06. The number of benzene rings is 2. The second kappa shape index (κ2) is 5.86. The molecule has 1 N–H and O–H groups in total. The molecule has 0 saturated carbocycles. The molecule has 0 aliphatic rings. The molecule has 0 bridgehead atoms. The average molecular weight is 281 g/mol. The van der Waals surface area contributed by atoms with E-state index in [2.05, 4.69) is 5.32 Å². The van der Waals surface area contributed by atoms with Gasteiger partial charge in [0.1, 0.15) is 23.2 Å². The topological polar surface area (TPSA) is 21.3 Å².